The summed E-state index contributed by atoms with van der Waals surface area (Å²) in [4.78, 5) is 68.8. The van der Waals surface area contributed by atoms with Crippen molar-refractivity contribution in [2.45, 2.75) is 37.4 Å². The molecule has 3 aliphatic rings. The molecule has 4 N–H and O–H groups in total. The zero-order chi connectivity index (χ0) is 30.7. The van der Waals surface area contributed by atoms with E-state index < -0.39 is 47.7 Å². The smallest absolute Gasteiger partial charge is 0.294 e. The molecule has 0 radical (unpaired) electrons. The molecular weight excluding hydrogens is 586 g/mol. The summed E-state index contributed by atoms with van der Waals surface area (Å²) >= 11 is 5.92. The Kier molecular flexibility index (Phi) is 8.84. The summed E-state index contributed by atoms with van der Waals surface area (Å²) in [5, 5.41) is 26.3. The van der Waals surface area contributed by atoms with E-state index in [1.165, 1.54) is 53.7 Å². The van der Waals surface area contributed by atoms with Gasteiger partial charge in [0, 0.05) is 49.0 Å². The molecule has 0 aliphatic carbocycles. The number of imide groups is 2. The Balaban J connectivity index is 1.12. The lowest BCUT2D eigenvalue weighted by atomic mass is 9.91. The van der Waals surface area contributed by atoms with Crippen LogP contribution in [-0.4, -0.2) is 99.0 Å². The first-order chi connectivity index (χ1) is 20.6. The van der Waals surface area contributed by atoms with Gasteiger partial charge in [-0.05, 0) is 30.2 Å². The minimum atomic E-state index is -1.96. The quantitative estimate of drug-likeness (QED) is 0.119. The van der Waals surface area contributed by atoms with Gasteiger partial charge in [-0.2, -0.15) is 0 Å². The second-order valence-electron chi connectivity index (χ2n) is 9.98. The molecule has 226 valence electrons. The van der Waals surface area contributed by atoms with E-state index in [4.69, 9.17) is 21.1 Å². The molecule has 0 saturated carbocycles. The van der Waals surface area contributed by atoms with Crippen LogP contribution in [0.4, 0.5) is 0 Å². The number of aliphatic hydroxyl groups excluding tert-OH is 1. The summed E-state index contributed by atoms with van der Waals surface area (Å²) in [7, 11) is 0. The minimum absolute atomic E-state index is 0.00964. The third kappa shape index (κ3) is 6.43. The van der Waals surface area contributed by atoms with Gasteiger partial charge in [-0.15, -0.1) is 0 Å². The van der Waals surface area contributed by atoms with Crippen LogP contribution in [0.3, 0.4) is 0 Å². The van der Waals surface area contributed by atoms with Gasteiger partial charge in [0.15, 0.2) is 0 Å². The zero-order valence-corrected chi connectivity index (χ0v) is 23.5. The number of pyridine rings is 1. The largest absolute Gasteiger partial charge is 0.444 e. The van der Waals surface area contributed by atoms with Gasteiger partial charge in [0.1, 0.15) is 18.0 Å². The van der Waals surface area contributed by atoms with Crippen LogP contribution in [0, 0.1) is 0 Å². The molecule has 14 nitrogen and oxygen atoms in total. The predicted octanol–water partition coefficient (Wildman–Crippen LogP) is -0.273. The van der Waals surface area contributed by atoms with Crippen LogP contribution < -0.4 is 15.4 Å². The van der Waals surface area contributed by atoms with E-state index in [0.717, 1.165) is 4.90 Å². The second-order valence-corrected chi connectivity index (χ2v) is 10.4. The monoisotopic (exact) mass is 613 g/mol. The molecule has 1 saturated heterocycles. The van der Waals surface area contributed by atoms with E-state index in [2.05, 4.69) is 15.6 Å². The number of carbonyl (C=O) groups excluding carboxylic acids is 5. The van der Waals surface area contributed by atoms with Gasteiger partial charge in [0.25, 0.3) is 17.7 Å². The van der Waals surface area contributed by atoms with Gasteiger partial charge in [-0.3, -0.25) is 39.2 Å². The molecule has 5 amide bonds. The molecule has 1 aromatic carbocycles. The van der Waals surface area contributed by atoms with Crippen LogP contribution in [-0.2, 0) is 25.5 Å². The number of carbonyl (C=O) groups is 5. The number of piperidine rings is 1. The van der Waals surface area contributed by atoms with Crippen molar-refractivity contribution < 1.29 is 43.7 Å². The molecule has 5 rings (SSSR count). The number of nitrogens with one attached hydrogen (secondary N) is 2. The molecular formula is C28H28ClN5O9. The van der Waals surface area contributed by atoms with Crippen molar-refractivity contribution in [1.82, 2.24) is 25.4 Å². The normalized spacial score (nSPS) is 23.7. The summed E-state index contributed by atoms with van der Waals surface area (Å²) in [6.45, 7) is 0.292. The number of ether oxygens (including phenoxy) is 2. The molecule has 3 unspecified atom stereocenters. The van der Waals surface area contributed by atoms with Crippen molar-refractivity contribution in [2.24, 2.45) is 0 Å². The van der Waals surface area contributed by atoms with Crippen LogP contribution in [0.5, 0.6) is 5.75 Å². The fourth-order valence-electron chi connectivity index (χ4n) is 5.12. The third-order valence-corrected chi connectivity index (χ3v) is 7.37. The Bertz CT molecular complexity index is 1500. The number of aromatic nitrogens is 1. The molecule has 1 fully saturated rings. The molecule has 1 aromatic heterocycles. The first-order valence-corrected chi connectivity index (χ1v) is 13.8. The number of benzene rings is 1. The maximum atomic E-state index is 13.2. The number of aliphatic hydroxyl groups is 2. The summed E-state index contributed by atoms with van der Waals surface area (Å²) in [6.07, 6.45) is 4.07. The van der Waals surface area contributed by atoms with Crippen molar-refractivity contribution in [3.05, 3.63) is 70.5 Å². The predicted molar refractivity (Wildman–Crippen MR) is 147 cm³/mol. The SMILES string of the molecule is O=C1CCC(N2C(=O)Cc3c(C(=O)NCCOCCN4C(O)C=CC4(O)Oc4cncc(Cl)c4)cccc3C2=O)C(=O)N1. The Hall–Kier alpha value is -4.21. The van der Waals surface area contributed by atoms with Gasteiger partial charge in [-0.1, -0.05) is 17.7 Å². The lowest BCUT2D eigenvalue weighted by Gasteiger charge is -2.35. The Morgan fingerprint density at radius 2 is 2.02 bits per heavy atom. The average molecular weight is 614 g/mol. The molecule has 15 heteroatoms. The average Bonchev–Trinajstić information content (AvgIpc) is 3.23. The zero-order valence-electron chi connectivity index (χ0n) is 22.7. The summed E-state index contributed by atoms with van der Waals surface area (Å²) in [5.74, 6) is -4.79. The number of halogens is 1. The van der Waals surface area contributed by atoms with Crippen LogP contribution in [0.2, 0.25) is 5.02 Å². The maximum absolute atomic E-state index is 13.2. The molecule has 0 spiro atoms. The number of hydrogen-bond donors (Lipinski definition) is 4. The van der Waals surface area contributed by atoms with Crippen LogP contribution in [0.25, 0.3) is 0 Å². The summed E-state index contributed by atoms with van der Waals surface area (Å²) in [6, 6.07) is 4.87. The van der Waals surface area contributed by atoms with Crippen molar-refractivity contribution in [3.63, 3.8) is 0 Å². The van der Waals surface area contributed by atoms with Gasteiger partial charge in [0.05, 0.1) is 30.9 Å². The van der Waals surface area contributed by atoms with Crippen molar-refractivity contribution >= 4 is 41.1 Å². The highest BCUT2D eigenvalue weighted by atomic mass is 35.5. The van der Waals surface area contributed by atoms with Crippen molar-refractivity contribution in [3.8, 4) is 5.75 Å². The van der Waals surface area contributed by atoms with Gasteiger partial charge in [0.2, 0.25) is 17.7 Å². The molecule has 0 bridgehead atoms. The molecule has 4 heterocycles. The first kappa shape index (κ1) is 30.3. The highest BCUT2D eigenvalue weighted by Crippen LogP contribution is 2.29. The fourth-order valence-corrected chi connectivity index (χ4v) is 5.28. The lowest BCUT2D eigenvalue weighted by Crippen LogP contribution is -2.58. The van der Waals surface area contributed by atoms with E-state index in [-0.39, 0.29) is 68.0 Å². The van der Waals surface area contributed by atoms with E-state index in [1.807, 2.05) is 0 Å². The first-order valence-electron chi connectivity index (χ1n) is 13.4. The number of fused-ring (bicyclic) bond motifs is 1. The third-order valence-electron chi connectivity index (χ3n) is 7.16. The van der Waals surface area contributed by atoms with E-state index in [1.54, 1.807) is 0 Å². The van der Waals surface area contributed by atoms with Gasteiger partial charge >= 0.3 is 0 Å². The highest BCUT2D eigenvalue weighted by Gasteiger charge is 2.43. The number of nitrogens with zero attached hydrogens (tertiary/aromatic N) is 3. The molecule has 3 aliphatic heterocycles. The van der Waals surface area contributed by atoms with Crippen LogP contribution >= 0.6 is 11.6 Å². The fraction of sp³-hybridized carbons (Fsp3) is 0.357. The van der Waals surface area contributed by atoms with E-state index >= 15 is 0 Å². The second kappa shape index (κ2) is 12.6. The number of amides is 5. The summed E-state index contributed by atoms with van der Waals surface area (Å²) in [5.41, 5.74) is 0.532. The Morgan fingerprint density at radius 3 is 2.79 bits per heavy atom. The van der Waals surface area contributed by atoms with Gasteiger partial charge < -0.3 is 25.0 Å². The highest BCUT2D eigenvalue weighted by molar-refractivity contribution is 6.30. The molecule has 43 heavy (non-hydrogen) atoms. The summed E-state index contributed by atoms with van der Waals surface area (Å²) < 4.78 is 11.2. The van der Waals surface area contributed by atoms with Gasteiger partial charge in [-0.25, -0.2) is 4.90 Å². The standard InChI is InChI=1S/C28H28ClN5O9/c29-16-12-17(15-30-14-16)43-28(41)7-6-23(36)33(28)9-11-42-10-8-31-25(38)18-2-1-3-19-20(18)13-24(37)34(27(19)40)21-4-5-22(35)32-26(21)39/h1-3,6-7,12,14-15,21,23,36,41H,4-5,8-11,13H2,(H,31,38)(H,32,35,39). The Morgan fingerprint density at radius 1 is 1.21 bits per heavy atom. The van der Waals surface area contributed by atoms with E-state index in [0.29, 0.717) is 5.02 Å². The lowest BCUT2D eigenvalue weighted by molar-refractivity contribution is -0.231. The van der Waals surface area contributed by atoms with Crippen LogP contribution in [0.15, 0.2) is 48.8 Å². The maximum Gasteiger partial charge on any atom is 0.294 e. The molecule has 2 aromatic rings. The number of hydrogen-bond acceptors (Lipinski definition) is 11. The van der Waals surface area contributed by atoms with Crippen molar-refractivity contribution in [1.29, 1.82) is 0 Å². The number of rotatable bonds is 10. The Labute approximate surface area is 250 Å². The topological polar surface area (TPSA) is 188 Å². The van der Waals surface area contributed by atoms with Crippen LogP contribution in [0.1, 0.15) is 39.1 Å². The minimum Gasteiger partial charge on any atom is -0.444 e. The van der Waals surface area contributed by atoms with Crippen molar-refractivity contribution in [2.75, 3.05) is 26.3 Å². The molecule has 3 atom stereocenters. The van der Waals surface area contributed by atoms with E-state index in [9.17, 15) is 34.2 Å².